The van der Waals surface area contributed by atoms with Gasteiger partial charge in [0.05, 0.1) is 5.75 Å². The summed E-state index contributed by atoms with van der Waals surface area (Å²) >= 11 is 1.54. The maximum atomic E-state index is 12.8. The van der Waals surface area contributed by atoms with Gasteiger partial charge in [-0.25, -0.2) is 12.7 Å². The molecule has 0 radical (unpaired) electrons. The maximum absolute atomic E-state index is 12.8. The Bertz CT molecular complexity index is 655. The van der Waals surface area contributed by atoms with Crippen LogP contribution in [0, 0.1) is 5.92 Å². The van der Waals surface area contributed by atoms with E-state index in [0.29, 0.717) is 18.5 Å². The van der Waals surface area contributed by atoms with Gasteiger partial charge in [0.2, 0.25) is 10.0 Å². The summed E-state index contributed by atoms with van der Waals surface area (Å²) in [7, 11) is -3.34. The van der Waals surface area contributed by atoms with Crippen molar-refractivity contribution in [1.82, 2.24) is 4.31 Å². The minimum atomic E-state index is -3.34. The van der Waals surface area contributed by atoms with E-state index in [1.54, 1.807) is 0 Å². The number of piperidine rings is 1. The van der Waals surface area contributed by atoms with Gasteiger partial charge in [0.1, 0.15) is 0 Å². The van der Waals surface area contributed by atoms with Crippen LogP contribution in [0.25, 0.3) is 0 Å². The molecule has 1 atom stereocenters. The molecule has 2 rings (SSSR count). The van der Waals surface area contributed by atoms with Crippen molar-refractivity contribution in [2.45, 2.75) is 17.7 Å². The van der Waals surface area contributed by atoms with Crippen LogP contribution in [0.3, 0.4) is 0 Å². The summed E-state index contributed by atoms with van der Waals surface area (Å²) in [6.07, 6.45) is 4.79. The van der Waals surface area contributed by atoms with Crippen molar-refractivity contribution in [3.05, 3.63) is 42.5 Å². The van der Waals surface area contributed by atoms with Crippen molar-refractivity contribution in [2.24, 2.45) is 5.92 Å². The SMILES string of the molecule is C=CCS(=O)(=O)N1CCCC(C(=O)c2ccccc2SC)C1. The number of carbonyl (C=O) groups excluding carboxylic acids is 1. The maximum Gasteiger partial charge on any atom is 0.217 e. The van der Waals surface area contributed by atoms with E-state index < -0.39 is 10.0 Å². The Morgan fingerprint density at radius 1 is 1.45 bits per heavy atom. The Balaban J connectivity index is 2.19. The van der Waals surface area contributed by atoms with Crippen molar-refractivity contribution in [1.29, 1.82) is 0 Å². The molecule has 1 aliphatic rings. The number of benzene rings is 1. The number of hydrogen-bond donors (Lipinski definition) is 0. The molecule has 0 aromatic heterocycles. The average molecular weight is 339 g/mol. The molecule has 22 heavy (non-hydrogen) atoms. The van der Waals surface area contributed by atoms with Crippen LogP contribution >= 0.6 is 11.8 Å². The fraction of sp³-hybridized carbons (Fsp3) is 0.438. The summed E-state index contributed by atoms with van der Waals surface area (Å²) < 4.78 is 25.7. The van der Waals surface area contributed by atoms with E-state index in [0.717, 1.165) is 11.3 Å². The molecule has 120 valence electrons. The van der Waals surface area contributed by atoms with Gasteiger partial charge in [-0.2, -0.15) is 0 Å². The molecule has 0 N–H and O–H groups in total. The van der Waals surface area contributed by atoms with Gasteiger partial charge in [0.25, 0.3) is 0 Å². The smallest absolute Gasteiger partial charge is 0.217 e. The number of carbonyl (C=O) groups is 1. The summed E-state index contributed by atoms with van der Waals surface area (Å²) in [5.74, 6) is -0.292. The first-order valence-electron chi connectivity index (χ1n) is 7.25. The number of nitrogens with zero attached hydrogens (tertiary/aromatic N) is 1. The van der Waals surface area contributed by atoms with Crippen molar-refractivity contribution in [2.75, 3.05) is 25.1 Å². The fourth-order valence-electron chi connectivity index (χ4n) is 2.73. The quantitative estimate of drug-likeness (QED) is 0.454. The second kappa shape index (κ2) is 7.44. The van der Waals surface area contributed by atoms with Gasteiger partial charge < -0.3 is 0 Å². The molecular formula is C16H21NO3S2. The van der Waals surface area contributed by atoms with Crippen LogP contribution in [0.5, 0.6) is 0 Å². The zero-order valence-electron chi connectivity index (χ0n) is 12.7. The third-order valence-electron chi connectivity index (χ3n) is 3.85. The molecule has 0 saturated carbocycles. The highest BCUT2D eigenvalue weighted by atomic mass is 32.2. The van der Waals surface area contributed by atoms with Gasteiger partial charge in [0, 0.05) is 29.5 Å². The monoisotopic (exact) mass is 339 g/mol. The highest BCUT2D eigenvalue weighted by Gasteiger charge is 2.32. The molecule has 1 saturated heterocycles. The Kier molecular flexibility index (Phi) is 5.83. The van der Waals surface area contributed by atoms with Crippen LogP contribution < -0.4 is 0 Å². The summed E-state index contributed by atoms with van der Waals surface area (Å²) in [4.78, 5) is 13.7. The van der Waals surface area contributed by atoms with Gasteiger partial charge in [-0.1, -0.05) is 24.3 Å². The molecule has 1 aromatic rings. The third kappa shape index (κ3) is 3.80. The lowest BCUT2D eigenvalue weighted by Gasteiger charge is -2.31. The van der Waals surface area contributed by atoms with Crippen LogP contribution in [-0.2, 0) is 10.0 Å². The highest BCUT2D eigenvalue weighted by molar-refractivity contribution is 7.98. The third-order valence-corrected chi connectivity index (χ3v) is 6.42. The molecule has 1 aliphatic heterocycles. The average Bonchev–Trinajstić information content (AvgIpc) is 2.54. The van der Waals surface area contributed by atoms with E-state index in [4.69, 9.17) is 0 Å². The standard InChI is InChI=1S/C16H21NO3S2/c1-3-11-22(19,20)17-10-6-7-13(12-17)16(18)14-8-4-5-9-15(14)21-2/h3-5,8-9,13H,1,6-7,10-12H2,2H3. The molecular weight excluding hydrogens is 318 g/mol. The predicted molar refractivity (Wildman–Crippen MR) is 90.8 cm³/mol. The first-order valence-corrected chi connectivity index (χ1v) is 10.1. The summed E-state index contributed by atoms with van der Waals surface area (Å²) in [5, 5.41) is 0. The molecule has 1 unspecified atom stereocenters. The van der Waals surface area contributed by atoms with Crippen LogP contribution in [-0.4, -0.2) is 43.6 Å². The van der Waals surface area contributed by atoms with Crippen LogP contribution in [0.15, 0.2) is 41.8 Å². The predicted octanol–water partition coefficient (Wildman–Crippen LogP) is 2.82. The molecule has 4 nitrogen and oxygen atoms in total. The number of ketones is 1. The number of thioether (sulfide) groups is 1. The van der Waals surface area contributed by atoms with Gasteiger partial charge in [-0.05, 0) is 25.2 Å². The second-order valence-corrected chi connectivity index (χ2v) is 8.19. The highest BCUT2D eigenvalue weighted by Crippen LogP contribution is 2.27. The number of rotatable bonds is 6. The second-order valence-electron chi connectivity index (χ2n) is 5.33. The van der Waals surface area contributed by atoms with Crippen molar-refractivity contribution in [3.8, 4) is 0 Å². The van der Waals surface area contributed by atoms with Gasteiger partial charge >= 0.3 is 0 Å². The molecule has 0 bridgehead atoms. The van der Waals surface area contributed by atoms with Crippen molar-refractivity contribution >= 4 is 27.6 Å². The van der Waals surface area contributed by atoms with Gasteiger partial charge in [-0.3, -0.25) is 4.79 Å². The zero-order chi connectivity index (χ0) is 16.2. The Morgan fingerprint density at radius 3 is 2.86 bits per heavy atom. The molecule has 0 aliphatic carbocycles. The summed E-state index contributed by atoms with van der Waals surface area (Å²) in [5.41, 5.74) is 0.697. The van der Waals surface area contributed by atoms with Crippen molar-refractivity contribution < 1.29 is 13.2 Å². The number of Topliss-reactive ketones (excluding diaryl/α,β-unsaturated/α-hetero) is 1. The normalized spacial score (nSPS) is 19.8. The largest absolute Gasteiger partial charge is 0.294 e. The van der Waals surface area contributed by atoms with E-state index in [1.165, 1.54) is 22.1 Å². The molecule has 0 spiro atoms. The van der Waals surface area contributed by atoms with E-state index in [9.17, 15) is 13.2 Å². The van der Waals surface area contributed by atoms with Gasteiger partial charge in [-0.15, -0.1) is 18.3 Å². The Labute approximate surface area is 136 Å². The van der Waals surface area contributed by atoms with Gasteiger partial charge in [0.15, 0.2) is 5.78 Å². The fourth-order valence-corrected chi connectivity index (χ4v) is 4.66. The summed E-state index contributed by atoms with van der Waals surface area (Å²) in [6, 6.07) is 7.50. The minimum absolute atomic E-state index is 0.0449. The Morgan fingerprint density at radius 2 is 2.18 bits per heavy atom. The van der Waals surface area contributed by atoms with E-state index >= 15 is 0 Å². The lowest BCUT2D eigenvalue weighted by Crippen LogP contribution is -2.43. The molecule has 6 heteroatoms. The van der Waals surface area contributed by atoms with Crippen LogP contribution in [0.2, 0.25) is 0 Å². The lowest BCUT2D eigenvalue weighted by molar-refractivity contribution is 0.0869. The molecule has 1 heterocycles. The van der Waals surface area contributed by atoms with E-state index in [-0.39, 0.29) is 24.0 Å². The van der Waals surface area contributed by atoms with Crippen LogP contribution in [0.4, 0.5) is 0 Å². The zero-order valence-corrected chi connectivity index (χ0v) is 14.3. The molecule has 1 fully saturated rings. The van der Waals surface area contributed by atoms with E-state index in [2.05, 4.69) is 6.58 Å². The lowest BCUT2D eigenvalue weighted by atomic mass is 9.91. The number of sulfonamides is 1. The minimum Gasteiger partial charge on any atom is -0.294 e. The van der Waals surface area contributed by atoms with E-state index in [1.807, 2.05) is 30.5 Å². The molecule has 1 aromatic carbocycles. The van der Waals surface area contributed by atoms with Crippen molar-refractivity contribution in [3.63, 3.8) is 0 Å². The first-order chi connectivity index (χ1) is 10.5. The molecule has 0 amide bonds. The number of hydrogen-bond acceptors (Lipinski definition) is 4. The Hall–Kier alpha value is -1.11. The first kappa shape index (κ1) is 17.2. The summed E-state index contributed by atoms with van der Waals surface area (Å²) in [6.45, 7) is 4.26. The van der Waals surface area contributed by atoms with Crippen LogP contribution in [0.1, 0.15) is 23.2 Å². The topological polar surface area (TPSA) is 54.5 Å².